The van der Waals surface area contributed by atoms with E-state index in [1.807, 2.05) is 36.8 Å². The summed E-state index contributed by atoms with van der Waals surface area (Å²) in [6, 6.07) is 9.24. The van der Waals surface area contributed by atoms with Crippen LogP contribution < -0.4 is 0 Å². The molecule has 0 amide bonds. The third kappa shape index (κ3) is 3.62. The minimum absolute atomic E-state index is 0.0110. The van der Waals surface area contributed by atoms with Crippen molar-refractivity contribution in [3.05, 3.63) is 88.6 Å². The van der Waals surface area contributed by atoms with E-state index in [1.165, 1.54) is 0 Å². The Bertz CT molecular complexity index is 758. The van der Waals surface area contributed by atoms with Crippen LogP contribution in [-0.2, 0) is 11.3 Å². The minimum Gasteiger partial charge on any atom is -0.372 e. The fourth-order valence-corrected chi connectivity index (χ4v) is 2.92. The van der Waals surface area contributed by atoms with Crippen molar-refractivity contribution in [2.45, 2.75) is 11.9 Å². The Balaban J connectivity index is 1.63. The molecule has 23 heavy (non-hydrogen) atoms. The second kappa shape index (κ2) is 6.81. The summed E-state index contributed by atoms with van der Waals surface area (Å²) in [7, 11) is 0. The molecular formula is C18H14F3OS. The number of fused-ring (bicyclic) bond motifs is 1. The van der Waals surface area contributed by atoms with Crippen molar-refractivity contribution in [3.8, 4) is 0 Å². The van der Waals surface area contributed by atoms with Gasteiger partial charge in [-0.3, -0.25) is 0 Å². The lowest BCUT2D eigenvalue weighted by atomic mass is 9.91. The standard InChI is InChI=1S/C18H14F3OS/c19-15-8-17(21)16(20)7-13(15)10-22-9-11-5-12-3-1-2-4-14(12)18(23)6-11/h1-8,18,23H,9-10H2/t18-/m1/s1. The second-order valence-electron chi connectivity index (χ2n) is 5.31. The number of ether oxygens (including phenoxy) is 1. The number of hydrogen-bond acceptors (Lipinski definition) is 2. The smallest absolute Gasteiger partial charge is 0.161 e. The number of benzene rings is 2. The lowest BCUT2D eigenvalue weighted by Crippen LogP contribution is -2.09. The van der Waals surface area contributed by atoms with Crippen LogP contribution in [0.25, 0.3) is 0 Å². The Hall–Kier alpha value is -1.72. The summed E-state index contributed by atoms with van der Waals surface area (Å²) in [4.78, 5) is 0. The van der Waals surface area contributed by atoms with Crippen LogP contribution in [0.3, 0.4) is 0 Å². The van der Waals surface area contributed by atoms with E-state index in [2.05, 4.69) is 12.6 Å². The van der Waals surface area contributed by atoms with Gasteiger partial charge in [-0.1, -0.05) is 30.3 Å². The molecule has 0 spiro atoms. The maximum atomic E-state index is 13.5. The van der Waals surface area contributed by atoms with Gasteiger partial charge in [0.2, 0.25) is 0 Å². The molecule has 2 aromatic rings. The van der Waals surface area contributed by atoms with Gasteiger partial charge in [0.15, 0.2) is 11.6 Å². The average molecular weight is 335 g/mol. The van der Waals surface area contributed by atoms with Crippen molar-refractivity contribution in [1.82, 2.24) is 0 Å². The lowest BCUT2D eigenvalue weighted by Gasteiger charge is -2.21. The highest BCUT2D eigenvalue weighted by Crippen LogP contribution is 2.33. The van der Waals surface area contributed by atoms with E-state index >= 15 is 0 Å². The zero-order valence-electron chi connectivity index (χ0n) is 12.1. The van der Waals surface area contributed by atoms with Crippen molar-refractivity contribution >= 4 is 12.6 Å². The monoisotopic (exact) mass is 335 g/mol. The van der Waals surface area contributed by atoms with Crippen LogP contribution >= 0.6 is 12.6 Å². The SMILES string of the molecule is Fc1cc(F)c(COCC2=C[C@@H](S)c3ccccc3[CH]2)cc1F. The van der Waals surface area contributed by atoms with Crippen LogP contribution in [0.2, 0.25) is 0 Å². The normalized spacial score (nSPS) is 16.9. The second-order valence-corrected chi connectivity index (χ2v) is 5.87. The molecule has 0 bridgehead atoms. The third-order valence-corrected chi connectivity index (χ3v) is 4.07. The highest BCUT2D eigenvalue weighted by atomic mass is 32.1. The zero-order chi connectivity index (χ0) is 16.4. The Morgan fingerprint density at radius 2 is 1.70 bits per heavy atom. The molecule has 0 N–H and O–H groups in total. The quantitative estimate of drug-likeness (QED) is 0.625. The Morgan fingerprint density at radius 3 is 2.52 bits per heavy atom. The van der Waals surface area contributed by atoms with Crippen molar-refractivity contribution in [2.24, 2.45) is 0 Å². The number of hydrogen-bond donors (Lipinski definition) is 1. The molecule has 1 aliphatic carbocycles. The van der Waals surface area contributed by atoms with Crippen LogP contribution in [0.5, 0.6) is 0 Å². The number of halogens is 3. The number of rotatable bonds is 4. The Labute approximate surface area is 138 Å². The van der Waals surface area contributed by atoms with E-state index in [9.17, 15) is 13.2 Å². The van der Waals surface area contributed by atoms with E-state index in [0.717, 1.165) is 22.8 Å². The van der Waals surface area contributed by atoms with Crippen molar-refractivity contribution in [1.29, 1.82) is 0 Å². The summed E-state index contributed by atoms with van der Waals surface area (Å²) in [6.45, 7) is 0.108. The van der Waals surface area contributed by atoms with Gasteiger partial charge in [0.1, 0.15) is 5.82 Å². The summed E-state index contributed by atoms with van der Waals surface area (Å²) in [5, 5.41) is -0.0326. The molecule has 2 aromatic carbocycles. The summed E-state index contributed by atoms with van der Waals surface area (Å²) < 4.78 is 45.0. The first-order valence-corrected chi connectivity index (χ1v) is 7.60. The molecule has 5 heteroatoms. The third-order valence-electron chi connectivity index (χ3n) is 3.64. The minimum atomic E-state index is -1.20. The van der Waals surface area contributed by atoms with Gasteiger partial charge in [0.25, 0.3) is 0 Å². The maximum absolute atomic E-state index is 13.5. The molecule has 0 heterocycles. The molecule has 0 fully saturated rings. The van der Waals surface area contributed by atoms with Gasteiger partial charge in [0.05, 0.1) is 13.2 Å². The Morgan fingerprint density at radius 1 is 0.957 bits per heavy atom. The molecule has 0 aromatic heterocycles. The highest BCUT2D eigenvalue weighted by Gasteiger charge is 2.17. The maximum Gasteiger partial charge on any atom is 0.161 e. The number of thiol groups is 1. The van der Waals surface area contributed by atoms with Gasteiger partial charge in [-0.05, 0) is 22.8 Å². The molecule has 3 rings (SSSR count). The summed E-state index contributed by atoms with van der Waals surface area (Å²) in [6.07, 6.45) is 3.93. The fourth-order valence-electron chi connectivity index (χ4n) is 2.50. The van der Waals surface area contributed by atoms with E-state index < -0.39 is 17.5 Å². The van der Waals surface area contributed by atoms with Gasteiger partial charge >= 0.3 is 0 Å². The molecule has 0 saturated heterocycles. The first-order valence-electron chi connectivity index (χ1n) is 7.08. The fraction of sp³-hybridized carbons (Fsp3) is 0.167. The highest BCUT2D eigenvalue weighted by molar-refractivity contribution is 7.80. The average Bonchev–Trinajstić information content (AvgIpc) is 2.52. The lowest BCUT2D eigenvalue weighted by molar-refractivity contribution is 0.140. The van der Waals surface area contributed by atoms with Crippen LogP contribution in [0.4, 0.5) is 13.2 Å². The molecule has 1 aliphatic rings. The molecule has 0 unspecified atom stereocenters. The molecular weight excluding hydrogens is 321 g/mol. The predicted octanol–water partition coefficient (Wildman–Crippen LogP) is 4.78. The topological polar surface area (TPSA) is 9.23 Å². The van der Waals surface area contributed by atoms with Crippen molar-refractivity contribution in [3.63, 3.8) is 0 Å². The van der Waals surface area contributed by atoms with Crippen molar-refractivity contribution in [2.75, 3.05) is 6.61 Å². The van der Waals surface area contributed by atoms with Crippen LogP contribution in [-0.4, -0.2) is 6.61 Å². The largest absolute Gasteiger partial charge is 0.372 e. The summed E-state index contributed by atoms with van der Waals surface area (Å²) in [5.41, 5.74) is 3.08. The first-order chi connectivity index (χ1) is 11.0. The van der Waals surface area contributed by atoms with Gasteiger partial charge < -0.3 is 4.74 Å². The Kier molecular flexibility index (Phi) is 4.78. The summed E-state index contributed by atoms with van der Waals surface area (Å²) in [5.74, 6) is -3.11. The molecule has 1 nitrogen and oxygen atoms in total. The zero-order valence-corrected chi connectivity index (χ0v) is 13.0. The molecule has 119 valence electrons. The van der Waals surface area contributed by atoms with Gasteiger partial charge in [-0.25, -0.2) is 13.2 Å². The van der Waals surface area contributed by atoms with Crippen molar-refractivity contribution < 1.29 is 17.9 Å². The van der Waals surface area contributed by atoms with E-state index in [0.29, 0.717) is 6.07 Å². The molecule has 0 saturated carbocycles. The summed E-state index contributed by atoms with van der Waals surface area (Å²) >= 11 is 4.53. The van der Waals surface area contributed by atoms with E-state index in [4.69, 9.17) is 4.74 Å². The van der Waals surface area contributed by atoms with Crippen LogP contribution in [0, 0.1) is 23.9 Å². The van der Waals surface area contributed by atoms with Gasteiger partial charge in [0, 0.05) is 23.3 Å². The van der Waals surface area contributed by atoms with Gasteiger partial charge in [-0.15, -0.1) is 0 Å². The first kappa shape index (κ1) is 16.1. The van der Waals surface area contributed by atoms with E-state index in [1.54, 1.807) is 0 Å². The van der Waals surface area contributed by atoms with Crippen LogP contribution in [0.15, 0.2) is 48.0 Å². The molecule has 0 aliphatic heterocycles. The predicted molar refractivity (Wildman–Crippen MR) is 85.6 cm³/mol. The van der Waals surface area contributed by atoms with Gasteiger partial charge in [-0.2, -0.15) is 12.6 Å². The molecule has 1 radical (unpaired) electrons. The van der Waals surface area contributed by atoms with Crippen LogP contribution in [0.1, 0.15) is 21.9 Å². The molecule has 1 atom stereocenters. The van der Waals surface area contributed by atoms with E-state index in [-0.39, 0.29) is 24.0 Å².